The topological polar surface area (TPSA) is 91.0 Å². The van der Waals surface area contributed by atoms with Gasteiger partial charge < -0.3 is 20.3 Å². The zero-order valence-corrected chi connectivity index (χ0v) is 17.6. The van der Waals surface area contributed by atoms with Crippen LogP contribution in [0.3, 0.4) is 0 Å². The lowest BCUT2D eigenvalue weighted by molar-refractivity contribution is -0.133. The van der Waals surface area contributed by atoms with Crippen LogP contribution in [0.15, 0.2) is 54.6 Å². The van der Waals surface area contributed by atoms with E-state index in [0.29, 0.717) is 42.4 Å². The summed E-state index contributed by atoms with van der Waals surface area (Å²) in [4.78, 5) is 40.8. The van der Waals surface area contributed by atoms with Crippen LogP contribution in [0.4, 0.5) is 15.3 Å². The van der Waals surface area contributed by atoms with Crippen LogP contribution in [0.5, 0.6) is 5.75 Å². The van der Waals surface area contributed by atoms with Crippen LogP contribution in [-0.2, 0) is 4.79 Å². The lowest BCUT2D eigenvalue weighted by Gasteiger charge is -2.37. The minimum Gasteiger partial charge on any atom is -0.492 e. The Labute approximate surface area is 185 Å². The number of amides is 5. The number of hydrogen-bond acceptors (Lipinski definition) is 4. The van der Waals surface area contributed by atoms with E-state index in [-0.39, 0.29) is 25.1 Å². The number of imide groups is 1. The van der Waals surface area contributed by atoms with Crippen LogP contribution in [-0.4, -0.2) is 59.5 Å². The molecular weight excluding hydrogens is 420 g/mol. The zero-order valence-electron chi connectivity index (χ0n) is 16.8. The first-order valence-electron chi connectivity index (χ1n) is 10.1. The van der Waals surface area contributed by atoms with Gasteiger partial charge >= 0.3 is 12.1 Å². The highest BCUT2D eigenvalue weighted by Crippen LogP contribution is 2.30. The minimum atomic E-state index is -0.967. The van der Waals surface area contributed by atoms with Gasteiger partial charge in [-0.25, -0.2) is 9.59 Å². The summed E-state index contributed by atoms with van der Waals surface area (Å²) in [6.45, 7) is 1.07. The molecule has 2 aliphatic heterocycles. The minimum absolute atomic E-state index is 0.165. The number of halogens is 1. The third-order valence-electron chi connectivity index (χ3n) is 5.59. The van der Waals surface area contributed by atoms with Gasteiger partial charge in [0, 0.05) is 13.1 Å². The van der Waals surface area contributed by atoms with Gasteiger partial charge in [0.1, 0.15) is 17.9 Å². The number of para-hydroxylation sites is 2. The summed E-state index contributed by atoms with van der Waals surface area (Å²) in [7, 11) is 0. The maximum Gasteiger partial charge on any atom is 0.325 e. The normalized spacial score (nSPS) is 17.6. The maximum absolute atomic E-state index is 13.0. The van der Waals surface area contributed by atoms with Gasteiger partial charge in [-0.1, -0.05) is 41.9 Å². The first-order valence-corrected chi connectivity index (χ1v) is 10.5. The van der Waals surface area contributed by atoms with Crippen LogP contribution in [0.1, 0.15) is 12.8 Å². The maximum atomic E-state index is 13.0. The van der Waals surface area contributed by atoms with Gasteiger partial charge in [-0.15, -0.1) is 0 Å². The van der Waals surface area contributed by atoms with Crippen molar-refractivity contribution >= 4 is 35.3 Å². The van der Waals surface area contributed by atoms with Crippen molar-refractivity contribution in [2.75, 3.05) is 31.6 Å². The van der Waals surface area contributed by atoms with E-state index < -0.39 is 11.6 Å². The fraction of sp³-hybridized carbons (Fsp3) is 0.318. The summed E-state index contributed by atoms with van der Waals surface area (Å²) in [6, 6.07) is 15.5. The number of carbonyl (C=O) groups is 3. The molecule has 31 heavy (non-hydrogen) atoms. The second-order valence-electron chi connectivity index (χ2n) is 7.53. The Morgan fingerprint density at radius 2 is 1.74 bits per heavy atom. The number of urea groups is 2. The molecule has 0 saturated carbocycles. The van der Waals surface area contributed by atoms with E-state index in [0.717, 1.165) is 0 Å². The predicted octanol–water partition coefficient (Wildman–Crippen LogP) is 3.34. The van der Waals surface area contributed by atoms with E-state index in [1.807, 2.05) is 30.3 Å². The van der Waals surface area contributed by atoms with Crippen molar-refractivity contribution in [2.45, 2.75) is 18.4 Å². The molecule has 0 atom stereocenters. The Balaban J connectivity index is 1.31. The zero-order chi connectivity index (χ0) is 21.8. The molecule has 0 aliphatic carbocycles. The van der Waals surface area contributed by atoms with E-state index >= 15 is 0 Å². The van der Waals surface area contributed by atoms with Crippen LogP contribution in [0.25, 0.3) is 0 Å². The number of likely N-dealkylation sites (tertiary alicyclic amines) is 1. The first-order chi connectivity index (χ1) is 15.0. The lowest BCUT2D eigenvalue weighted by atomic mass is 9.87. The average molecular weight is 443 g/mol. The molecule has 2 heterocycles. The second-order valence-corrected chi connectivity index (χ2v) is 7.93. The number of anilines is 1. The molecule has 0 aromatic heterocycles. The molecular formula is C22H23ClN4O4. The van der Waals surface area contributed by atoms with Gasteiger partial charge in [-0.2, -0.15) is 0 Å². The Morgan fingerprint density at radius 3 is 2.45 bits per heavy atom. The summed E-state index contributed by atoms with van der Waals surface area (Å²) in [5, 5.41) is 6.08. The third kappa shape index (κ3) is 4.44. The van der Waals surface area contributed by atoms with Crippen molar-refractivity contribution in [1.29, 1.82) is 0 Å². The van der Waals surface area contributed by atoms with E-state index in [2.05, 4.69) is 10.6 Å². The van der Waals surface area contributed by atoms with Gasteiger partial charge in [0.2, 0.25) is 0 Å². The lowest BCUT2D eigenvalue weighted by Crippen LogP contribution is -2.56. The standard InChI is InChI=1S/C22H23ClN4O4/c23-17-8-4-5-9-18(17)24-20(29)26-12-10-22(11-13-26)19(28)27(21(30)25-22)14-15-31-16-6-2-1-3-7-16/h1-9H,10-15H2,(H,24,29)(H,25,30). The molecule has 1 spiro atoms. The monoisotopic (exact) mass is 442 g/mol. The van der Waals surface area contributed by atoms with Crippen molar-refractivity contribution < 1.29 is 19.1 Å². The van der Waals surface area contributed by atoms with Gasteiger partial charge in [0.15, 0.2) is 0 Å². The smallest absolute Gasteiger partial charge is 0.325 e. The number of benzene rings is 2. The summed E-state index contributed by atoms with van der Waals surface area (Å²) in [5.41, 5.74) is -0.436. The fourth-order valence-electron chi connectivity index (χ4n) is 3.84. The van der Waals surface area contributed by atoms with E-state index in [1.54, 1.807) is 29.2 Å². The number of rotatable bonds is 5. The van der Waals surface area contributed by atoms with Crippen molar-refractivity contribution in [3.8, 4) is 5.75 Å². The Kier molecular flexibility index (Phi) is 5.99. The fourth-order valence-corrected chi connectivity index (χ4v) is 4.02. The predicted molar refractivity (Wildman–Crippen MR) is 116 cm³/mol. The second kappa shape index (κ2) is 8.85. The molecule has 2 aliphatic rings. The van der Waals surface area contributed by atoms with Crippen molar-refractivity contribution in [1.82, 2.24) is 15.1 Å². The molecule has 2 saturated heterocycles. The molecule has 8 nitrogen and oxygen atoms in total. The van der Waals surface area contributed by atoms with Gasteiger partial charge in [0.05, 0.1) is 17.3 Å². The molecule has 2 N–H and O–H groups in total. The van der Waals surface area contributed by atoms with Crippen LogP contribution < -0.4 is 15.4 Å². The van der Waals surface area contributed by atoms with Gasteiger partial charge in [-0.05, 0) is 37.1 Å². The Hall–Kier alpha value is -3.26. The average Bonchev–Trinajstić information content (AvgIpc) is 3.00. The molecule has 5 amide bonds. The Bertz CT molecular complexity index is 976. The SMILES string of the molecule is O=C(Nc1ccccc1Cl)N1CCC2(CC1)NC(=O)N(CCOc1ccccc1)C2=O. The van der Waals surface area contributed by atoms with E-state index in [9.17, 15) is 14.4 Å². The molecule has 2 fully saturated rings. The van der Waals surface area contributed by atoms with Crippen molar-refractivity contribution in [3.63, 3.8) is 0 Å². The summed E-state index contributed by atoms with van der Waals surface area (Å²) in [5.74, 6) is 0.419. The number of nitrogens with zero attached hydrogens (tertiary/aromatic N) is 2. The number of ether oxygens (including phenoxy) is 1. The van der Waals surface area contributed by atoms with Crippen LogP contribution in [0.2, 0.25) is 5.02 Å². The van der Waals surface area contributed by atoms with Crippen molar-refractivity contribution in [2.24, 2.45) is 0 Å². The number of hydrogen-bond donors (Lipinski definition) is 2. The van der Waals surface area contributed by atoms with Crippen LogP contribution >= 0.6 is 11.6 Å². The van der Waals surface area contributed by atoms with Gasteiger partial charge in [-0.3, -0.25) is 9.69 Å². The van der Waals surface area contributed by atoms with Crippen molar-refractivity contribution in [3.05, 3.63) is 59.6 Å². The van der Waals surface area contributed by atoms with Crippen LogP contribution in [0, 0.1) is 0 Å². The quantitative estimate of drug-likeness (QED) is 0.695. The first kappa shape index (κ1) is 21.0. The molecule has 0 bridgehead atoms. The highest BCUT2D eigenvalue weighted by molar-refractivity contribution is 6.33. The Morgan fingerprint density at radius 1 is 1.06 bits per heavy atom. The molecule has 2 aromatic carbocycles. The molecule has 4 rings (SSSR count). The van der Waals surface area contributed by atoms with Gasteiger partial charge in [0.25, 0.3) is 5.91 Å². The largest absolute Gasteiger partial charge is 0.492 e. The van der Waals surface area contributed by atoms with E-state index in [1.165, 1.54) is 4.90 Å². The highest BCUT2D eigenvalue weighted by Gasteiger charge is 2.52. The summed E-state index contributed by atoms with van der Waals surface area (Å²) < 4.78 is 5.61. The molecule has 2 aromatic rings. The molecule has 162 valence electrons. The number of carbonyl (C=O) groups excluding carboxylic acids is 3. The number of nitrogens with one attached hydrogen (secondary N) is 2. The molecule has 0 unspecified atom stereocenters. The van der Waals surface area contributed by atoms with E-state index in [4.69, 9.17) is 16.3 Å². The summed E-state index contributed by atoms with van der Waals surface area (Å²) >= 11 is 6.10. The third-order valence-corrected chi connectivity index (χ3v) is 5.92. The highest BCUT2D eigenvalue weighted by atomic mass is 35.5. The number of piperidine rings is 1. The summed E-state index contributed by atoms with van der Waals surface area (Å²) in [6.07, 6.45) is 0.702. The molecule has 9 heteroatoms. The molecule has 0 radical (unpaired) electrons.